The minimum atomic E-state index is -0.871. The lowest BCUT2D eigenvalue weighted by Gasteiger charge is -2.18. The molecule has 0 saturated heterocycles. The average molecular weight is 467 g/mol. The highest BCUT2D eigenvalue weighted by atomic mass is 35.5. The first-order chi connectivity index (χ1) is 15.5. The van der Waals surface area contributed by atoms with Gasteiger partial charge in [-0.15, -0.1) is 0 Å². The Bertz CT molecular complexity index is 1230. The van der Waals surface area contributed by atoms with Crippen molar-refractivity contribution in [1.82, 2.24) is 10.3 Å². The van der Waals surface area contributed by atoms with E-state index in [4.69, 9.17) is 27.9 Å². The number of hydrogen-bond donors (Lipinski definition) is 2. The number of amides is 1. The summed E-state index contributed by atoms with van der Waals surface area (Å²) in [6.45, 7) is 0.0806. The number of benzene rings is 3. The van der Waals surface area contributed by atoms with E-state index < -0.39 is 12.0 Å². The molecule has 0 bridgehead atoms. The van der Waals surface area contributed by atoms with E-state index in [2.05, 4.69) is 10.3 Å². The zero-order chi connectivity index (χ0) is 22.5. The average Bonchev–Trinajstić information content (AvgIpc) is 3.21. The van der Waals surface area contributed by atoms with E-state index >= 15 is 0 Å². The lowest BCUT2D eigenvalue weighted by molar-refractivity contribution is -0.147. The highest BCUT2D eigenvalue weighted by Crippen LogP contribution is 2.20. The summed E-state index contributed by atoms with van der Waals surface area (Å²) in [4.78, 5) is 29.0. The SMILES string of the molecule is O=C(NC(Cc1c[nH]c2ccccc12)C(=O)OCc1ccc(Cl)cc1)c1ccc(Cl)cc1. The third-order valence-corrected chi connectivity index (χ3v) is 5.59. The molecule has 0 aliphatic heterocycles. The molecule has 1 unspecified atom stereocenters. The van der Waals surface area contributed by atoms with Gasteiger partial charge in [0.15, 0.2) is 0 Å². The summed E-state index contributed by atoms with van der Waals surface area (Å²) in [6.07, 6.45) is 2.13. The van der Waals surface area contributed by atoms with Crippen molar-refractivity contribution in [2.75, 3.05) is 0 Å². The molecule has 5 nitrogen and oxygen atoms in total. The van der Waals surface area contributed by atoms with Crippen LogP contribution in [-0.4, -0.2) is 22.9 Å². The molecule has 32 heavy (non-hydrogen) atoms. The molecule has 0 aliphatic rings. The first-order valence-electron chi connectivity index (χ1n) is 10.0. The molecule has 7 heteroatoms. The van der Waals surface area contributed by atoms with Crippen LogP contribution >= 0.6 is 23.2 Å². The number of esters is 1. The fraction of sp³-hybridized carbons (Fsp3) is 0.120. The molecule has 2 N–H and O–H groups in total. The van der Waals surface area contributed by atoms with Crippen LogP contribution in [0.25, 0.3) is 10.9 Å². The van der Waals surface area contributed by atoms with E-state index in [0.29, 0.717) is 15.6 Å². The van der Waals surface area contributed by atoms with Crippen LogP contribution in [0.1, 0.15) is 21.5 Å². The van der Waals surface area contributed by atoms with Crippen molar-refractivity contribution in [3.8, 4) is 0 Å². The van der Waals surface area contributed by atoms with Crippen LogP contribution in [0.3, 0.4) is 0 Å². The number of halogens is 2. The fourth-order valence-corrected chi connectivity index (χ4v) is 3.64. The van der Waals surface area contributed by atoms with E-state index in [9.17, 15) is 9.59 Å². The summed E-state index contributed by atoms with van der Waals surface area (Å²) in [5, 5.41) is 4.93. The molecular formula is C25H20Cl2N2O3. The number of hydrogen-bond acceptors (Lipinski definition) is 3. The molecule has 1 amide bonds. The number of rotatable bonds is 7. The van der Waals surface area contributed by atoms with Crippen LogP contribution < -0.4 is 5.32 Å². The molecule has 0 saturated carbocycles. The van der Waals surface area contributed by atoms with E-state index in [-0.39, 0.29) is 18.9 Å². The molecule has 1 aromatic heterocycles. The second kappa shape index (κ2) is 9.90. The maximum absolute atomic E-state index is 13.0. The van der Waals surface area contributed by atoms with E-state index in [1.807, 2.05) is 30.5 Å². The van der Waals surface area contributed by atoms with Crippen molar-refractivity contribution >= 4 is 46.0 Å². The van der Waals surface area contributed by atoms with Gasteiger partial charge in [-0.05, 0) is 53.6 Å². The van der Waals surface area contributed by atoms with Gasteiger partial charge in [-0.2, -0.15) is 0 Å². The summed E-state index contributed by atoms with van der Waals surface area (Å²) >= 11 is 11.8. The zero-order valence-electron chi connectivity index (χ0n) is 17.0. The number of carbonyl (C=O) groups is 2. The number of aromatic nitrogens is 1. The van der Waals surface area contributed by atoms with Crippen molar-refractivity contribution in [1.29, 1.82) is 0 Å². The Kier molecular flexibility index (Phi) is 6.78. The van der Waals surface area contributed by atoms with Gasteiger partial charge < -0.3 is 15.0 Å². The standard InChI is InChI=1S/C25H20Cl2N2O3/c26-19-9-5-16(6-10-19)15-32-25(31)23(29-24(30)17-7-11-20(27)12-8-17)13-18-14-28-22-4-2-1-3-21(18)22/h1-12,14,23,28H,13,15H2,(H,29,30). The Morgan fingerprint density at radius 1 is 0.906 bits per heavy atom. The second-order valence-electron chi connectivity index (χ2n) is 7.33. The van der Waals surface area contributed by atoms with Crippen LogP contribution in [0.15, 0.2) is 79.0 Å². The summed E-state index contributed by atoms with van der Waals surface area (Å²) in [5.41, 5.74) is 3.08. The van der Waals surface area contributed by atoms with Crippen LogP contribution in [0.2, 0.25) is 10.0 Å². The molecule has 0 aliphatic carbocycles. The Labute approximate surface area is 195 Å². The summed E-state index contributed by atoms with van der Waals surface area (Å²) in [6, 6.07) is 20.4. The number of ether oxygens (including phenoxy) is 1. The van der Waals surface area contributed by atoms with Crippen molar-refractivity contribution in [3.63, 3.8) is 0 Å². The molecular weight excluding hydrogens is 447 g/mol. The summed E-state index contributed by atoms with van der Waals surface area (Å²) < 4.78 is 5.52. The molecule has 0 spiro atoms. The Morgan fingerprint density at radius 2 is 1.56 bits per heavy atom. The molecule has 162 valence electrons. The molecule has 0 radical (unpaired) electrons. The number of aromatic amines is 1. The summed E-state index contributed by atoms with van der Waals surface area (Å²) in [5.74, 6) is -0.900. The minimum Gasteiger partial charge on any atom is -0.459 e. The lowest BCUT2D eigenvalue weighted by atomic mass is 10.0. The smallest absolute Gasteiger partial charge is 0.329 e. The Hall–Kier alpha value is -3.28. The first kappa shape index (κ1) is 21.9. The highest BCUT2D eigenvalue weighted by Gasteiger charge is 2.25. The van der Waals surface area contributed by atoms with E-state index in [1.165, 1.54) is 0 Å². The molecule has 1 heterocycles. The zero-order valence-corrected chi connectivity index (χ0v) is 18.5. The van der Waals surface area contributed by atoms with Crippen LogP contribution in [0.5, 0.6) is 0 Å². The monoisotopic (exact) mass is 466 g/mol. The van der Waals surface area contributed by atoms with Gasteiger partial charge in [0.25, 0.3) is 5.91 Å². The van der Waals surface area contributed by atoms with Gasteiger partial charge in [0.2, 0.25) is 0 Å². The number of carbonyl (C=O) groups excluding carboxylic acids is 2. The Morgan fingerprint density at radius 3 is 2.28 bits per heavy atom. The number of fused-ring (bicyclic) bond motifs is 1. The molecule has 4 aromatic rings. The number of para-hydroxylation sites is 1. The van der Waals surface area contributed by atoms with E-state index in [1.54, 1.807) is 48.5 Å². The van der Waals surface area contributed by atoms with Crippen LogP contribution in [0.4, 0.5) is 0 Å². The maximum atomic E-state index is 13.0. The van der Waals surface area contributed by atoms with Crippen molar-refractivity contribution < 1.29 is 14.3 Å². The fourth-order valence-electron chi connectivity index (χ4n) is 3.39. The summed E-state index contributed by atoms with van der Waals surface area (Å²) in [7, 11) is 0. The van der Waals surface area contributed by atoms with Gasteiger partial charge in [0, 0.05) is 39.1 Å². The normalized spacial score (nSPS) is 11.8. The largest absolute Gasteiger partial charge is 0.459 e. The van der Waals surface area contributed by atoms with Gasteiger partial charge >= 0.3 is 5.97 Å². The van der Waals surface area contributed by atoms with Gasteiger partial charge in [-0.3, -0.25) is 4.79 Å². The third kappa shape index (κ3) is 5.31. The quantitative estimate of drug-likeness (QED) is 0.350. The lowest BCUT2D eigenvalue weighted by Crippen LogP contribution is -2.43. The molecule has 4 rings (SSSR count). The van der Waals surface area contributed by atoms with Crippen molar-refractivity contribution in [2.24, 2.45) is 0 Å². The van der Waals surface area contributed by atoms with Gasteiger partial charge in [-0.25, -0.2) is 4.79 Å². The Balaban J connectivity index is 1.53. The topological polar surface area (TPSA) is 71.2 Å². The predicted molar refractivity (Wildman–Crippen MR) is 126 cm³/mol. The first-order valence-corrected chi connectivity index (χ1v) is 10.8. The van der Waals surface area contributed by atoms with Crippen molar-refractivity contribution in [3.05, 3.63) is 106 Å². The van der Waals surface area contributed by atoms with Crippen molar-refractivity contribution in [2.45, 2.75) is 19.1 Å². The molecule has 0 fully saturated rings. The number of H-pyrrole nitrogens is 1. The molecule has 1 atom stereocenters. The number of nitrogens with one attached hydrogen (secondary N) is 2. The van der Waals surface area contributed by atoms with Crippen LogP contribution in [0, 0.1) is 0 Å². The maximum Gasteiger partial charge on any atom is 0.329 e. The van der Waals surface area contributed by atoms with Gasteiger partial charge in [0.1, 0.15) is 12.6 Å². The minimum absolute atomic E-state index is 0.0806. The van der Waals surface area contributed by atoms with Crippen LogP contribution in [-0.2, 0) is 22.6 Å². The third-order valence-electron chi connectivity index (χ3n) is 5.09. The van der Waals surface area contributed by atoms with E-state index in [0.717, 1.165) is 22.0 Å². The predicted octanol–water partition coefficient (Wildman–Crippen LogP) is 5.56. The molecule has 3 aromatic carbocycles. The highest BCUT2D eigenvalue weighted by molar-refractivity contribution is 6.30. The van der Waals surface area contributed by atoms with Gasteiger partial charge in [-0.1, -0.05) is 53.5 Å². The second-order valence-corrected chi connectivity index (χ2v) is 8.20. The van der Waals surface area contributed by atoms with Gasteiger partial charge in [0.05, 0.1) is 0 Å².